The van der Waals surface area contributed by atoms with Crippen LogP contribution in [0.1, 0.15) is 20.3 Å². The molecule has 0 bridgehead atoms. The lowest BCUT2D eigenvalue weighted by Gasteiger charge is -2.47. The summed E-state index contributed by atoms with van der Waals surface area (Å²) in [6.45, 7) is 3.76. The lowest BCUT2D eigenvalue weighted by molar-refractivity contribution is -0.171. The molecular weight excluding hydrogens is 144 g/mol. The molecule has 0 amide bonds. The van der Waals surface area contributed by atoms with Gasteiger partial charge in [0.25, 0.3) is 0 Å². The van der Waals surface area contributed by atoms with Gasteiger partial charge in [-0.15, -0.1) is 0 Å². The standard InChI is InChI=1S/C8H14O3/c1-8(2)5(4-6(8)9)7(10)11-3/h5-6,9H,4H2,1-3H3/t5-,6?/m0/s1. The molecule has 2 atom stereocenters. The molecule has 0 aromatic rings. The molecule has 3 nitrogen and oxygen atoms in total. The maximum atomic E-state index is 11.0. The first-order valence-electron chi connectivity index (χ1n) is 3.76. The molecule has 1 N–H and O–H groups in total. The van der Waals surface area contributed by atoms with Gasteiger partial charge in [0, 0.05) is 5.41 Å². The predicted octanol–water partition coefficient (Wildman–Crippen LogP) is 0.566. The first-order chi connectivity index (χ1) is 5.00. The van der Waals surface area contributed by atoms with Crippen LogP contribution in [0.3, 0.4) is 0 Å². The summed E-state index contributed by atoms with van der Waals surface area (Å²) in [5.41, 5.74) is -0.299. The molecule has 0 aromatic carbocycles. The van der Waals surface area contributed by atoms with E-state index in [-0.39, 0.29) is 23.4 Å². The van der Waals surface area contributed by atoms with Crippen LogP contribution in [-0.4, -0.2) is 24.3 Å². The molecular formula is C8H14O3. The molecule has 64 valence electrons. The number of carbonyl (C=O) groups is 1. The zero-order valence-corrected chi connectivity index (χ0v) is 7.13. The molecule has 0 heterocycles. The molecule has 1 unspecified atom stereocenters. The van der Waals surface area contributed by atoms with Crippen LogP contribution in [0.25, 0.3) is 0 Å². The third-order valence-electron chi connectivity index (χ3n) is 2.70. The fraction of sp³-hybridized carbons (Fsp3) is 0.875. The van der Waals surface area contributed by atoms with Crippen molar-refractivity contribution in [2.45, 2.75) is 26.4 Å². The lowest BCUT2D eigenvalue weighted by Crippen LogP contribution is -2.52. The quantitative estimate of drug-likeness (QED) is 0.567. The first kappa shape index (κ1) is 8.53. The van der Waals surface area contributed by atoms with Gasteiger partial charge in [-0.05, 0) is 6.42 Å². The zero-order valence-electron chi connectivity index (χ0n) is 7.13. The minimum Gasteiger partial charge on any atom is -0.469 e. The van der Waals surface area contributed by atoms with E-state index in [0.29, 0.717) is 6.42 Å². The number of hydrogen-bond donors (Lipinski definition) is 1. The van der Waals surface area contributed by atoms with Gasteiger partial charge in [0.05, 0.1) is 19.1 Å². The van der Waals surface area contributed by atoms with Crippen LogP contribution in [-0.2, 0) is 9.53 Å². The third-order valence-corrected chi connectivity index (χ3v) is 2.70. The molecule has 1 aliphatic carbocycles. The van der Waals surface area contributed by atoms with Crippen molar-refractivity contribution in [1.82, 2.24) is 0 Å². The summed E-state index contributed by atoms with van der Waals surface area (Å²) >= 11 is 0. The van der Waals surface area contributed by atoms with E-state index in [0.717, 1.165) is 0 Å². The fourth-order valence-corrected chi connectivity index (χ4v) is 1.44. The summed E-state index contributed by atoms with van der Waals surface area (Å²) in [5, 5.41) is 9.28. The van der Waals surface area contributed by atoms with Gasteiger partial charge in [0.1, 0.15) is 0 Å². The highest BCUT2D eigenvalue weighted by Crippen LogP contribution is 2.46. The summed E-state index contributed by atoms with van der Waals surface area (Å²) < 4.78 is 4.59. The molecule has 11 heavy (non-hydrogen) atoms. The van der Waals surface area contributed by atoms with Gasteiger partial charge in [0.15, 0.2) is 0 Å². The Hall–Kier alpha value is -0.570. The SMILES string of the molecule is COC(=O)[C@@H]1CC(O)C1(C)C. The van der Waals surface area contributed by atoms with E-state index in [1.807, 2.05) is 13.8 Å². The van der Waals surface area contributed by atoms with Gasteiger partial charge >= 0.3 is 5.97 Å². The highest BCUT2D eigenvalue weighted by atomic mass is 16.5. The highest BCUT2D eigenvalue weighted by molar-refractivity contribution is 5.74. The molecule has 1 saturated carbocycles. The largest absolute Gasteiger partial charge is 0.469 e. The van der Waals surface area contributed by atoms with Crippen LogP contribution in [0.4, 0.5) is 0 Å². The van der Waals surface area contributed by atoms with Crippen molar-refractivity contribution >= 4 is 5.97 Å². The molecule has 0 spiro atoms. The highest BCUT2D eigenvalue weighted by Gasteiger charge is 2.51. The van der Waals surface area contributed by atoms with Crippen LogP contribution in [0.5, 0.6) is 0 Å². The van der Waals surface area contributed by atoms with Crippen LogP contribution in [0.2, 0.25) is 0 Å². The van der Waals surface area contributed by atoms with E-state index in [9.17, 15) is 9.90 Å². The summed E-state index contributed by atoms with van der Waals surface area (Å²) in [5.74, 6) is -0.331. The van der Waals surface area contributed by atoms with Crippen LogP contribution in [0.15, 0.2) is 0 Å². The Morgan fingerprint density at radius 3 is 2.45 bits per heavy atom. The van der Waals surface area contributed by atoms with Crippen molar-refractivity contribution in [1.29, 1.82) is 0 Å². The lowest BCUT2D eigenvalue weighted by atomic mass is 9.60. The summed E-state index contributed by atoms with van der Waals surface area (Å²) in [7, 11) is 1.38. The van der Waals surface area contributed by atoms with Gasteiger partial charge in [0.2, 0.25) is 0 Å². The second-order valence-electron chi connectivity index (χ2n) is 3.65. The van der Waals surface area contributed by atoms with Crippen molar-refractivity contribution in [2.24, 2.45) is 11.3 Å². The number of rotatable bonds is 1. The van der Waals surface area contributed by atoms with Gasteiger partial charge in [-0.1, -0.05) is 13.8 Å². The van der Waals surface area contributed by atoms with Crippen molar-refractivity contribution in [2.75, 3.05) is 7.11 Å². The van der Waals surface area contributed by atoms with E-state index in [4.69, 9.17) is 0 Å². The molecule has 0 saturated heterocycles. The van der Waals surface area contributed by atoms with E-state index in [2.05, 4.69) is 4.74 Å². The summed E-state index contributed by atoms with van der Waals surface area (Å²) in [6, 6.07) is 0. The van der Waals surface area contributed by atoms with Crippen LogP contribution >= 0.6 is 0 Å². The van der Waals surface area contributed by atoms with Crippen LogP contribution < -0.4 is 0 Å². The smallest absolute Gasteiger partial charge is 0.309 e. The minimum atomic E-state index is -0.355. The van der Waals surface area contributed by atoms with E-state index in [1.54, 1.807) is 0 Å². The zero-order chi connectivity index (χ0) is 8.65. The number of hydrogen-bond acceptors (Lipinski definition) is 3. The third kappa shape index (κ3) is 1.13. The molecule has 0 radical (unpaired) electrons. The molecule has 1 rings (SSSR count). The number of aliphatic hydroxyl groups excluding tert-OH is 1. The van der Waals surface area contributed by atoms with Crippen molar-refractivity contribution in [3.63, 3.8) is 0 Å². The molecule has 0 aliphatic heterocycles. The Kier molecular flexibility index (Phi) is 1.92. The number of methoxy groups -OCH3 is 1. The molecule has 3 heteroatoms. The average molecular weight is 158 g/mol. The van der Waals surface area contributed by atoms with Gasteiger partial charge < -0.3 is 9.84 Å². The minimum absolute atomic E-state index is 0.123. The Morgan fingerprint density at radius 2 is 2.18 bits per heavy atom. The summed E-state index contributed by atoms with van der Waals surface area (Å²) in [4.78, 5) is 11.0. The van der Waals surface area contributed by atoms with E-state index < -0.39 is 0 Å². The van der Waals surface area contributed by atoms with E-state index in [1.165, 1.54) is 7.11 Å². The number of aliphatic hydroxyl groups is 1. The Morgan fingerprint density at radius 1 is 1.64 bits per heavy atom. The normalized spacial score (nSPS) is 34.2. The molecule has 1 fully saturated rings. The average Bonchev–Trinajstić information content (AvgIpc) is 1.98. The van der Waals surface area contributed by atoms with Gasteiger partial charge in [-0.25, -0.2) is 0 Å². The Labute approximate surface area is 66.4 Å². The number of ether oxygens (including phenoxy) is 1. The second kappa shape index (κ2) is 2.48. The Balaban J connectivity index is 2.59. The maximum absolute atomic E-state index is 11.0. The van der Waals surface area contributed by atoms with E-state index >= 15 is 0 Å². The monoisotopic (exact) mass is 158 g/mol. The van der Waals surface area contributed by atoms with Gasteiger partial charge in [-0.3, -0.25) is 4.79 Å². The first-order valence-corrected chi connectivity index (χ1v) is 3.76. The fourth-order valence-electron chi connectivity index (χ4n) is 1.44. The maximum Gasteiger partial charge on any atom is 0.309 e. The van der Waals surface area contributed by atoms with Crippen molar-refractivity contribution < 1.29 is 14.6 Å². The summed E-state index contributed by atoms with van der Waals surface area (Å²) in [6.07, 6.45) is 0.186. The van der Waals surface area contributed by atoms with Crippen LogP contribution in [0, 0.1) is 11.3 Å². The van der Waals surface area contributed by atoms with Crippen molar-refractivity contribution in [3.05, 3.63) is 0 Å². The predicted molar refractivity (Wildman–Crippen MR) is 39.9 cm³/mol. The number of carbonyl (C=O) groups excluding carboxylic acids is 1. The van der Waals surface area contributed by atoms with Crippen molar-refractivity contribution in [3.8, 4) is 0 Å². The topological polar surface area (TPSA) is 46.5 Å². The second-order valence-corrected chi connectivity index (χ2v) is 3.65. The Bertz CT molecular complexity index is 174. The molecule has 1 aliphatic rings. The molecule has 0 aromatic heterocycles. The number of esters is 1. The van der Waals surface area contributed by atoms with Gasteiger partial charge in [-0.2, -0.15) is 0 Å².